The summed E-state index contributed by atoms with van der Waals surface area (Å²) in [7, 11) is 0. The van der Waals surface area contributed by atoms with E-state index in [9.17, 15) is 0 Å². The van der Waals surface area contributed by atoms with Crippen molar-refractivity contribution < 1.29 is 4.42 Å². The molecule has 1 N–H and O–H groups in total. The molecule has 0 fully saturated rings. The van der Waals surface area contributed by atoms with Gasteiger partial charge in [-0.25, -0.2) is 0 Å². The summed E-state index contributed by atoms with van der Waals surface area (Å²) in [6.07, 6.45) is 0. The predicted octanol–water partition coefficient (Wildman–Crippen LogP) is 3.25. The topological polar surface area (TPSA) is 25.2 Å². The summed E-state index contributed by atoms with van der Waals surface area (Å²) in [5, 5.41) is 7.67. The summed E-state index contributed by atoms with van der Waals surface area (Å²) < 4.78 is 5.46. The van der Waals surface area contributed by atoms with Crippen molar-refractivity contribution >= 4 is 11.3 Å². The third kappa shape index (κ3) is 2.70. The van der Waals surface area contributed by atoms with E-state index in [1.54, 1.807) is 11.3 Å². The fraction of sp³-hybridized carbons (Fsp3) is 0.333. The summed E-state index contributed by atoms with van der Waals surface area (Å²) in [4.78, 5) is 0. The largest absolute Gasteiger partial charge is 0.466 e. The third-order valence-corrected chi connectivity index (χ3v) is 3.10. The van der Waals surface area contributed by atoms with Gasteiger partial charge < -0.3 is 9.73 Å². The van der Waals surface area contributed by atoms with Crippen LogP contribution in [0.2, 0.25) is 0 Å². The summed E-state index contributed by atoms with van der Waals surface area (Å²) in [5.74, 6) is 2.00. The number of furan rings is 1. The highest BCUT2D eigenvalue weighted by atomic mass is 32.1. The van der Waals surface area contributed by atoms with Gasteiger partial charge in [0.2, 0.25) is 0 Å². The van der Waals surface area contributed by atoms with Crippen molar-refractivity contribution in [1.29, 1.82) is 0 Å². The molecule has 2 rings (SSSR count). The quantitative estimate of drug-likeness (QED) is 0.857. The predicted molar refractivity (Wildman–Crippen MR) is 63.0 cm³/mol. The van der Waals surface area contributed by atoms with Crippen LogP contribution in [0.4, 0.5) is 0 Å². The minimum atomic E-state index is 0.874. The molecule has 0 aliphatic carbocycles. The minimum Gasteiger partial charge on any atom is -0.466 e. The Hall–Kier alpha value is -1.06. The van der Waals surface area contributed by atoms with Gasteiger partial charge in [0, 0.05) is 18.7 Å². The lowest BCUT2D eigenvalue weighted by Crippen LogP contribution is -2.12. The van der Waals surface area contributed by atoms with Gasteiger partial charge >= 0.3 is 0 Å². The van der Waals surface area contributed by atoms with Gasteiger partial charge in [0.05, 0.1) is 0 Å². The first kappa shape index (κ1) is 10.5. The lowest BCUT2D eigenvalue weighted by atomic mass is 10.2. The van der Waals surface area contributed by atoms with Crippen LogP contribution < -0.4 is 5.32 Å². The molecular weight excluding hydrogens is 206 g/mol. The molecule has 0 amide bonds. The van der Waals surface area contributed by atoms with Gasteiger partial charge in [0.1, 0.15) is 11.5 Å². The Morgan fingerprint density at radius 3 is 2.80 bits per heavy atom. The molecule has 2 heterocycles. The van der Waals surface area contributed by atoms with Crippen molar-refractivity contribution in [3.63, 3.8) is 0 Å². The van der Waals surface area contributed by atoms with Crippen LogP contribution in [0.1, 0.15) is 22.6 Å². The van der Waals surface area contributed by atoms with Crippen LogP contribution in [0.5, 0.6) is 0 Å². The van der Waals surface area contributed by atoms with Gasteiger partial charge in [-0.05, 0) is 42.3 Å². The summed E-state index contributed by atoms with van der Waals surface area (Å²) in [5.41, 5.74) is 2.60. The molecule has 0 aromatic carbocycles. The fourth-order valence-electron chi connectivity index (χ4n) is 1.59. The monoisotopic (exact) mass is 221 g/mol. The number of hydrogen-bond donors (Lipinski definition) is 1. The average Bonchev–Trinajstić information content (AvgIpc) is 2.77. The van der Waals surface area contributed by atoms with Gasteiger partial charge in [-0.2, -0.15) is 11.3 Å². The number of thiophene rings is 1. The van der Waals surface area contributed by atoms with E-state index in [-0.39, 0.29) is 0 Å². The van der Waals surface area contributed by atoms with Crippen molar-refractivity contribution in [2.24, 2.45) is 0 Å². The minimum absolute atomic E-state index is 0.874. The van der Waals surface area contributed by atoms with Crippen LogP contribution >= 0.6 is 11.3 Å². The standard InChI is InChI=1S/C12H15NOS/c1-9-5-12(10(2)14-9)7-13-6-11-3-4-15-8-11/h3-5,8,13H,6-7H2,1-2H3. The Balaban J connectivity index is 1.86. The van der Waals surface area contributed by atoms with E-state index in [1.165, 1.54) is 11.1 Å². The molecule has 2 aromatic heterocycles. The van der Waals surface area contributed by atoms with Crippen molar-refractivity contribution in [2.75, 3.05) is 0 Å². The average molecular weight is 221 g/mol. The Labute approximate surface area is 93.9 Å². The van der Waals surface area contributed by atoms with Crippen molar-refractivity contribution in [3.05, 3.63) is 45.5 Å². The molecule has 0 saturated carbocycles. The van der Waals surface area contributed by atoms with Gasteiger partial charge in [-0.15, -0.1) is 0 Å². The van der Waals surface area contributed by atoms with Gasteiger partial charge in [0.25, 0.3) is 0 Å². The lowest BCUT2D eigenvalue weighted by molar-refractivity contribution is 0.499. The third-order valence-electron chi connectivity index (χ3n) is 2.37. The Bertz CT molecular complexity index is 417. The molecule has 0 atom stereocenters. The Morgan fingerprint density at radius 2 is 2.20 bits per heavy atom. The van der Waals surface area contributed by atoms with Gasteiger partial charge in [0.15, 0.2) is 0 Å². The molecule has 0 aliphatic heterocycles. The fourth-order valence-corrected chi connectivity index (χ4v) is 2.26. The summed E-state index contributed by atoms with van der Waals surface area (Å²) >= 11 is 1.73. The molecule has 3 heteroatoms. The first-order chi connectivity index (χ1) is 7.25. The number of aryl methyl sites for hydroxylation is 2. The van der Waals surface area contributed by atoms with Crippen LogP contribution in [0.3, 0.4) is 0 Å². The van der Waals surface area contributed by atoms with Crippen LogP contribution in [-0.4, -0.2) is 0 Å². The smallest absolute Gasteiger partial charge is 0.105 e. The molecule has 2 nitrogen and oxygen atoms in total. The van der Waals surface area contributed by atoms with Crippen LogP contribution in [0.25, 0.3) is 0 Å². The maximum atomic E-state index is 5.46. The van der Waals surface area contributed by atoms with Crippen molar-refractivity contribution in [1.82, 2.24) is 5.32 Å². The zero-order chi connectivity index (χ0) is 10.7. The van der Waals surface area contributed by atoms with Crippen LogP contribution in [0.15, 0.2) is 27.3 Å². The first-order valence-corrected chi connectivity index (χ1v) is 5.97. The van der Waals surface area contributed by atoms with E-state index < -0.39 is 0 Å². The molecule has 0 spiro atoms. The number of rotatable bonds is 4. The van der Waals surface area contributed by atoms with E-state index in [2.05, 4.69) is 28.2 Å². The summed E-state index contributed by atoms with van der Waals surface area (Å²) in [6.45, 7) is 5.79. The van der Waals surface area contributed by atoms with Crippen molar-refractivity contribution in [2.45, 2.75) is 26.9 Å². The molecule has 15 heavy (non-hydrogen) atoms. The SMILES string of the molecule is Cc1cc(CNCc2ccsc2)c(C)o1. The molecule has 0 aliphatic rings. The molecule has 80 valence electrons. The highest BCUT2D eigenvalue weighted by Crippen LogP contribution is 2.13. The second-order valence-corrected chi connectivity index (χ2v) is 4.45. The summed E-state index contributed by atoms with van der Waals surface area (Å²) in [6, 6.07) is 4.24. The van der Waals surface area contributed by atoms with Crippen molar-refractivity contribution in [3.8, 4) is 0 Å². The molecular formula is C12H15NOS. The molecule has 0 saturated heterocycles. The molecule has 0 radical (unpaired) electrons. The maximum absolute atomic E-state index is 5.46. The normalized spacial score (nSPS) is 10.8. The van der Waals surface area contributed by atoms with Gasteiger partial charge in [-0.3, -0.25) is 0 Å². The molecule has 0 unspecified atom stereocenters. The van der Waals surface area contributed by atoms with E-state index in [4.69, 9.17) is 4.42 Å². The zero-order valence-electron chi connectivity index (χ0n) is 9.04. The Morgan fingerprint density at radius 1 is 1.33 bits per heavy atom. The molecule has 2 aromatic rings. The van der Waals surface area contributed by atoms with E-state index in [1.807, 2.05) is 13.8 Å². The van der Waals surface area contributed by atoms with Crippen LogP contribution in [-0.2, 0) is 13.1 Å². The molecule has 0 bridgehead atoms. The second kappa shape index (κ2) is 4.64. The zero-order valence-corrected chi connectivity index (χ0v) is 9.86. The first-order valence-electron chi connectivity index (χ1n) is 5.03. The lowest BCUT2D eigenvalue weighted by Gasteiger charge is -2.01. The highest BCUT2D eigenvalue weighted by molar-refractivity contribution is 7.07. The van der Waals surface area contributed by atoms with Gasteiger partial charge in [-0.1, -0.05) is 0 Å². The number of hydrogen-bond acceptors (Lipinski definition) is 3. The van der Waals surface area contributed by atoms with E-state index >= 15 is 0 Å². The number of nitrogens with one attached hydrogen (secondary N) is 1. The van der Waals surface area contributed by atoms with Crippen LogP contribution in [0, 0.1) is 13.8 Å². The second-order valence-electron chi connectivity index (χ2n) is 3.67. The highest BCUT2D eigenvalue weighted by Gasteiger charge is 2.03. The van der Waals surface area contributed by atoms with E-state index in [0.29, 0.717) is 0 Å². The van der Waals surface area contributed by atoms with E-state index in [0.717, 1.165) is 24.6 Å². The maximum Gasteiger partial charge on any atom is 0.105 e. The Kier molecular flexibility index (Phi) is 3.23.